The number of carbonyl (C=O) groups is 2. The molecule has 0 spiro atoms. The van der Waals surface area contributed by atoms with E-state index >= 15 is 0 Å². The molecule has 4 aromatic carbocycles. The van der Waals surface area contributed by atoms with Gasteiger partial charge in [0.05, 0.1) is 55.8 Å². The molecule has 0 unspecified atom stereocenters. The topological polar surface area (TPSA) is 184 Å². The highest BCUT2D eigenvalue weighted by Gasteiger charge is 2.31. The molecule has 1 heterocycles. The van der Waals surface area contributed by atoms with Gasteiger partial charge in [-0.2, -0.15) is 13.2 Å². The van der Waals surface area contributed by atoms with Crippen LogP contribution in [0.2, 0.25) is 0 Å². The molecule has 60 heavy (non-hydrogen) atoms. The number of methoxy groups -OCH3 is 1. The fourth-order valence-corrected chi connectivity index (χ4v) is 6.51. The van der Waals surface area contributed by atoms with Crippen LogP contribution < -0.4 is 29.6 Å². The van der Waals surface area contributed by atoms with Crippen molar-refractivity contribution >= 4 is 49.9 Å². The Balaban J connectivity index is 1.31. The Morgan fingerprint density at radius 1 is 0.783 bits per heavy atom. The van der Waals surface area contributed by atoms with Crippen LogP contribution in [0.3, 0.4) is 0 Å². The summed E-state index contributed by atoms with van der Waals surface area (Å²) in [5.41, 5.74) is 0.982. The predicted molar refractivity (Wildman–Crippen MR) is 220 cm³/mol. The molecule has 0 radical (unpaired) electrons. The maximum absolute atomic E-state index is 13.9. The maximum atomic E-state index is 13.9. The number of aromatic nitrogens is 1. The number of sulfonamides is 1. The summed E-state index contributed by atoms with van der Waals surface area (Å²) in [4.78, 5) is 28.3. The summed E-state index contributed by atoms with van der Waals surface area (Å²) < 4.78 is 95.9. The van der Waals surface area contributed by atoms with Gasteiger partial charge in [0.2, 0.25) is 10.0 Å². The summed E-state index contributed by atoms with van der Waals surface area (Å²) in [7, 11) is -2.32. The molecule has 0 aliphatic carbocycles. The Morgan fingerprint density at radius 3 is 2.15 bits per heavy atom. The summed E-state index contributed by atoms with van der Waals surface area (Å²) in [5.74, 6) is -0.219. The minimum absolute atomic E-state index is 0.0157. The van der Waals surface area contributed by atoms with Gasteiger partial charge in [-0.1, -0.05) is 45.0 Å². The first-order valence-electron chi connectivity index (χ1n) is 18.4. The van der Waals surface area contributed by atoms with E-state index < -0.39 is 45.8 Å². The van der Waals surface area contributed by atoms with Gasteiger partial charge in [-0.05, 0) is 65.1 Å². The molecule has 0 aliphatic heterocycles. The molecule has 0 aliphatic rings. The van der Waals surface area contributed by atoms with Crippen LogP contribution in [0.4, 0.5) is 35.0 Å². The van der Waals surface area contributed by atoms with E-state index in [0.29, 0.717) is 33.7 Å². The highest BCUT2D eigenvalue weighted by atomic mass is 32.2. The lowest BCUT2D eigenvalue weighted by Gasteiger charge is -2.24. The van der Waals surface area contributed by atoms with Crippen LogP contribution in [0, 0.1) is 0 Å². The molecule has 2 amide bonds. The van der Waals surface area contributed by atoms with Crippen LogP contribution in [0.1, 0.15) is 43.2 Å². The Morgan fingerprint density at radius 2 is 1.47 bits per heavy atom. The molecule has 4 N–H and O–H groups in total. The van der Waals surface area contributed by atoms with Crippen LogP contribution in [0.5, 0.6) is 23.0 Å². The second kappa shape index (κ2) is 19.3. The standard InChI is InChI=1S/C42H45F3N4O10S/c1-41(2,3)27-22-35(39(55-4)36(23-27)49-60(5,53)54)48-40(52)47-34-10-11-37(33-9-7-6-8-32(33)34)59-30-12-13-46-29(24-30)19-26-18-28(42(43,44)45)21-31(20-26)58-17-16-56-14-15-57-25-38(50)51/h6-13,18,20-24,49H,14-17,19,25H2,1-5H3,(H,50,51)(H2,47,48,52). The second-order valence-corrected chi connectivity index (χ2v) is 16.2. The molecule has 1 aromatic heterocycles. The summed E-state index contributed by atoms with van der Waals surface area (Å²) in [6.45, 7) is 5.48. The van der Waals surface area contributed by atoms with E-state index in [9.17, 15) is 31.2 Å². The fraction of sp³-hybridized carbons (Fsp3) is 0.310. The number of carboxylic acid groups (broad SMARTS) is 1. The number of nitrogens with zero attached hydrogens (tertiary/aromatic N) is 1. The van der Waals surface area contributed by atoms with Crippen molar-refractivity contribution in [3.05, 3.63) is 107 Å². The average molecular weight is 855 g/mol. The number of urea groups is 1. The third kappa shape index (κ3) is 12.9. The number of carboxylic acids is 1. The Hall–Kier alpha value is -6.11. The van der Waals surface area contributed by atoms with Gasteiger partial charge in [-0.15, -0.1) is 0 Å². The lowest BCUT2D eigenvalue weighted by atomic mass is 9.86. The van der Waals surface area contributed by atoms with E-state index in [0.717, 1.165) is 24.0 Å². The number of anilines is 3. The van der Waals surface area contributed by atoms with E-state index in [2.05, 4.69) is 20.3 Å². The summed E-state index contributed by atoms with van der Waals surface area (Å²) in [6.07, 6.45) is -2.12. The number of rotatable bonds is 18. The second-order valence-electron chi connectivity index (χ2n) is 14.5. The number of aliphatic carboxylic acids is 1. The third-order valence-electron chi connectivity index (χ3n) is 8.62. The first-order chi connectivity index (χ1) is 28.3. The van der Waals surface area contributed by atoms with E-state index in [1.54, 1.807) is 60.7 Å². The molecule has 0 saturated heterocycles. The van der Waals surface area contributed by atoms with Crippen LogP contribution in [-0.2, 0) is 42.3 Å². The summed E-state index contributed by atoms with van der Waals surface area (Å²) in [5, 5.41) is 15.5. The number of benzene rings is 4. The molecule has 0 bridgehead atoms. The first-order valence-corrected chi connectivity index (χ1v) is 20.3. The van der Waals surface area contributed by atoms with Gasteiger partial charge in [-0.25, -0.2) is 18.0 Å². The fourth-order valence-electron chi connectivity index (χ4n) is 5.96. The number of hydrogen-bond donors (Lipinski definition) is 4. The number of alkyl halides is 3. The number of hydrogen-bond acceptors (Lipinski definition) is 10. The van der Waals surface area contributed by atoms with Gasteiger partial charge < -0.3 is 39.4 Å². The van der Waals surface area contributed by atoms with Gasteiger partial charge in [-0.3, -0.25) is 9.71 Å². The lowest BCUT2D eigenvalue weighted by Crippen LogP contribution is -2.22. The third-order valence-corrected chi connectivity index (χ3v) is 9.21. The number of ether oxygens (including phenoxy) is 5. The number of amides is 2. The van der Waals surface area contributed by atoms with Crippen molar-refractivity contribution in [2.45, 2.75) is 38.8 Å². The summed E-state index contributed by atoms with van der Waals surface area (Å²) in [6, 6.07) is 19.9. The normalized spacial score (nSPS) is 11.9. The lowest BCUT2D eigenvalue weighted by molar-refractivity contribution is -0.142. The number of pyridine rings is 1. The van der Waals surface area contributed by atoms with Gasteiger partial charge in [0.15, 0.2) is 5.75 Å². The molecule has 14 nitrogen and oxygen atoms in total. The van der Waals surface area contributed by atoms with Gasteiger partial charge in [0.25, 0.3) is 0 Å². The van der Waals surface area contributed by atoms with Crippen molar-refractivity contribution in [3.8, 4) is 23.0 Å². The molecule has 320 valence electrons. The predicted octanol–water partition coefficient (Wildman–Crippen LogP) is 8.45. The van der Waals surface area contributed by atoms with Gasteiger partial charge in [0, 0.05) is 35.2 Å². The van der Waals surface area contributed by atoms with E-state index in [4.69, 9.17) is 28.8 Å². The molecular formula is C42H45F3N4O10S. The van der Waals surface area contributed by atoms with Gasteiger partial charge in [0.1, 0.15) is 30.5 Å². The van der Waals surface area contributed by atoms with Crippen molar-refractivity contribution in [2.75, 3.05) is 61.8 Å². The highest BCUT2D eigenvalue weighted by molar-refractivity contribution is 7.92. The first kappa shape index (κ1) is 45.0. The molecule has 0 atom stereocenters. The van der Waals surface area contributed by atoms with Crippen molar-refractivity contribution in [1.29, 1.82) is 0 Å². The van der Waals surface area contributed by atoms with Gasteiger partial charge >= 0.3 is 18.2 Å². The zero-order valence-electron chi connectivity index (χ0n) is 33.4. The Labute approximate surface area is 345 Å². The summed E-state index contributed by atoms with van der Waals surface area (Å²) >= 11 is 0. The molecular weight excluding hydrogens is 810 g/mol. The van der Waals surface area contributed by atoms with Crippen LogP contribution in [-0.4, -0.2) is 76.9 Å². The largest absolute Gasteiger partial charge is 0.492 e. The Bertz CT molecular complexity index is 2440. The Kier molecular flexibility index (Phi) is 14.5. The number of nitrogens with one attached hydrogen (secondary N) is 3. The minimum atomic E-state index is -4.64. The van der Waals surface area contributed by atoms with Crippen LogP contribution in [0.25, 0.3) is 10.8 Å². The van der Waals surface area contributed by atoms with Crippen molar-refractivity contribution < 1.29 is 60.0 Å². The average Bonchev–Trinajstić information content (AvgIpc) is 3.15. The smallest absolute Gasteiger partial charge is 0.416 e. The highest BCUT2D eigenvalue weighted by Crippen LogP contribution is 2.40. The monoisotopic (exact) mass is 854 g/mol. The molecule has 0 saturated carbocycles. The zero-order chi connectivity index (χ0) is 43.7. The van der Waals surface area contributed by atoms with Crippen LogP contribution in [0.15, 0.2) is 85.1 Å². The van der Waals surface area contributed by atoms with E-state index in [-0.39, 0.29) is 61.3 Å². The number of halogens is 3. The van der Waals surface area contributed by atoms with Crippen molar-refractivity contribution in [2.24, 2.45) is 0 Å². The molecule has 0 fully saturated rings. The number of carbonyl (C=O) groups excluding carboxylic acids is 1. The van der Waals surface area contributed by atoms with Crippen LogP contribution >= 0.6 is 0 Å². The number of fused-ring (bicyclic) bond motifs is 1. The van der Waals surface area contributed by atoms with E-state index in [1.807, 2.05) is 20.8 Å². The molecule has 5 rings (SSSR count). The minimum Gasteiger partial charge on any atom is -0.492 e. The van der Waals surface area contributed by atoms with Crippen molar-refractivity contribution in [1.82, 2.24) is 4.98 Å². The van der Waals surface area contributed by atoms with E-state index in [1.165, 1.54) is 19.4 Å². The van der Waals surface area contributed by atoms with Crippen molar-refractivity contribution in [3.63, 3.8) is 0 Å². The quantitative estimate of drug-likeness (QED) is 0.0621. The SMILES string of the molecule is COc1c(NC(=O)Nc2ccc(Oc3ccnc(Cc4cc(OCCOCCOCC(=O)O)cc(C(F)(F)F)c4)c3)c3ccccc23)cc(C(C)(C)C)cc1NS(C)(=O)=O. The molecule has 5 aromatic rings. The maximum Gasteiger partial charge on any atom is 0.416 e. The molecule has 18 heteroatoms. The zero-order valence-corrected chi connectivity index (χ0v) is 34.3.